The second-order valence-electron chi connectivity index (χ2n) is 4.07. The van der Waals surface area contributed by atoms with Crippen molar-refractivity contribution in [3.8, 4) is 0 Å². The summed E-state index contributed by atoms with van der Waals surface area (Å²) in [6.45, 7) is 6.96. The summed E-state index contributed by atoms with van der Waals surface area (Å²) < 4.78 is 10.5. The summed E-state index contributed by atoms with van der Waals surface area (Å²) in [6, 6.07) is 0. The van der Waals surface area contributed by atoms with E-state index < -0.39 is 0 Å². The highest BCUT2D eigenvalue weighted by molar-refractivity contribution is 4.91. The minimum atomic E-state index is 0.273. The molecule has 0 fully saturated rings. The molecule has 0 N–H and O–H groups in total. The standard InChI is InChI=1S/C11H22N2O2/c1-10(14-3)7-12-5-6-13(9-12)8-11(2)15-4/h5-6,10-11H,7-9H2,1-4H3. The van der Waals surface area contributed by atoms with E-state index in [0.29, 0.717) is 0 Å². The molecule has 0 amide bonds. The van der Waals surface area contributed by atoms with Crippen LogP contribution in [0.25, 0.3) is 0 Å². The van der Waals surface area contributed by atoms with Crippen molar-refractivity contribution in [2.75, 3.05) is 34.0 Å². The van der Waals surface area contributed by atoms with Crippen molar-refractivity contribution in [2.45, 2.75) is 26.1 Å². The molecule has 1 aliphatic rings. The Morgan fingerprint density at radius 1 is 1.00 bits per heavy atom. The van der Waals surface area contributed by atoms with Crippen molar-refractivity contribution >= 4 is 0 Å². The van der Waals surface area contributed by atoms with E-state index in [-0.39, 0.29) is 12.2 Å². The molecule has 0 aromatic carbocycles. The number of ether oxygens (including phenoxy) is 2. The molecule has 0 radical (unpaired) electrons. The van der Waals surface area contributed by atoms with Gasteiger partial charge in [-0.05, 0) is 13.8 Å². The van der Waals surface area contributed by atoms with E-state index in [1.54, 1.807) is 14.2 Å². The number of nitrogens with zero attached hydrogens (tertiary/aromatic N) is 2. The maximum absolute atomic E-state index is 5.23. The van der Waals surface area contributed by atoms with Crippen molar-refractivity contribution in [3.05, 3.63) is 12.4 Å². The molecule has 0 aromatic rings. The Bertz CT molecular complexity index is 189. The van der Waals surface area contributed by atoms with E-state index in [1.165, 1.54) is 0 Å². The molecule has 1 heterocycles. The first-order valence-corrected chi connectivity index (χ1v) is 5.37. The van der Waals surface area contributed by atoms with E-state index in [2.05, 4.69) is 36.0 Å². The van der Waals surface area contributed by atoms with Crippen LogP contribution in [0.5, 0.6) is 0 Å². The predicted molar refractivity (Wildman–Crippen MR) is 60.4 cm³/mol. The van der Waals surface area contributed by atoms with Crippen molar-refractivity contribution in [3.63, 3.8) is 0 Å². The second-order valence-corrected chi connectivity index (χ2v) is 4.07. The van der Waals surface area contributed by atoms with Gasteiger partial charge in [0.1, 0.15) is 0 Å². The van der Waals surface area contributed by atoms with Gasteiger partial charge in [0.25, 0.3) is 0 Å². The summed E-state index contributed by atoms with van der Waals surface area (Å²) >= 11 is 0. The molecule has 0 spiro atoms. The molecule has 1 rings (SSSR count). The maximum Gasteiger partial charge on any atom is 0.0896 e. The quantitative estimate of drug-likeness (QED) is 0.661. The molecule has 0 aromatic heterocycles. The SMILES string of the molecule is COC(C)CN1C=CN(CC(C)OC)C1. The lowest BCUT2D eigenvalue weighted by molar-refractivity contribution is 0.0676. The number of methoxy groups -OCH3 is 2. The van der Waals surface area contributed by atoms with Gasteiger partial charge in [-0.1, -0.05) is 0 Å². The minimum absolute atomic E-state index is 0.273. The molecular weight excluding hydrogens is 192 g/mol. The van der Waals surface area contributed by atoms with Gasteiger partial charge < -0.3 is 19.3 Å². The molecule has 2 atom stereocenters. The molecule has 4 nitrogen and oxygen atoms in total. The van der Waals surface area contributed by atoms with Gasteiger partial charge in [0.05, 0.1) is 18.9 Å². The second kappa shape index (κ2) is 5.98. The first kappa shape index (κ1) is 12.3. The third-order valence-corrected chi connectivity index (χ3v) is 2.64. The smallest absolute Gasteiger partial charge is 0.0896 e. The monoisotopic (exact) mass is 214 g/mol. The number of rotatable bonds is 6. The molecule has 2 unspecified atom stereocenters. The molecule has 88 valence electrons. The predicted octanol–water partition coefficient (Wildman–Crippen LogP) is 1.10. The number of hydrogen-bond donors (Lipinski definition) is 0. The lowest BCUT2D eigenvalue weighted by atomic mass is 10.4. The maximum atomic E-state index is 5.23. The zero-order valence-corrected chi connectivity index (χ0v) is 10.1. The lowest BCUT2D eigenvalue weighted by Crippen LogP contribution is -2.34. The van der Waals surface area contributed by atoms with Crippen LogP contribution >= 0.6 is 0 Å². The third-order valence-electron chi connectivity index (χ3n) is 2.64. The van der Waals surface area contributed by atoms with Crippen LogP contribution in [0, 0.1) is 0 Å². The average molecular weight is 214 g/mol. The normalized spacial score (nSPS) is 19.7. The van der Waals surface area contributed by atoms with Gasteiger partial charge in [0, 0.05) is 39.7 Å². The molecule has 4 heteroatoms. The Morgan fingerprint density at radius 2 is 1.40 bits per heavy atom. The van der Waals surface area contributed by atoms with Crippen LogP contribution in [0.4, 0.5) is 0 Å². The van der Waals surface area contributed by atoms with Crippen LogP contribution in [-0.4, -0.2) is 56.0 Å². The first-order chi connectivity index (χ1) is 7.15. The van der Waals surface area contributed by atoms with E-state index in [0.717, 1.165) is 19.8 Å². The number of hydrogen-bond acceptors (Lipinski definition) is 4. The zero-order chi connectivity index (χ0) is 11.3. The fourth-order valence-electron chi connectivity index (χ4n) is 1.56. The van der Waals surface area contributed by atoms with Crippen LogP contribution < -0.4 is 0 Å². The van der Waals surface area contributed by atoms with Crippen LogP contribution in [0.3, 0.4) is 0 Å². The van der Waals surface area contributed by atoms with Gasteiger partial charge in [-0.25, -0.2) is 0 Å². The molecule has 15 heavy (non-hydrogen) atoms. The molecule has 0 aliphatic carbocycles. The van der Waals surface area contributed by atoms with Crippen LogP contribution in [0.2, 0.25) is 0 Å². The van der Waals surface area contributed by atoms with Crippen molar-refractivity contribution in [1.82, 2.24) is 9.80 Å². The van der Waals surface area contributed by atoms with Crippen molar-refractivity contribution < 1.29 is 9.47 Å². The molecule has 0 saturated heterocycles. The van der Waals surface area contributed by atoms with Gasteiger partial charge in [-0.15, -0.1) is 0 Å². The van der Waals surface area contributed by atoms with E-state index in [9.17, 15) is 0 Å². The third kappa shape index (κ3) is 4.10. The fraction of sp³-hybridized carbons (Fsp3) is 0.818. The Morgan fingerprint density at radius 3 is 1.73 bits per heavy atom. The van der Waals surface area contributed by atoms with Crippen LogP contribution in [-0.2, 0) is 9.47 Å². The van der Waals surface area contributed by atoms with Gasteiger partial charge in [-0.2, -0.15) is 0 Å². The van der Waals surface area contributed by atoms with Crippen LogP contribution in [0.1, 0.15) is 13.8 Å². The molecule has 0 saturated carbocycles. The Balaban J connectivity index is 2.25. The molecular formula is C11H22N2O2. The van der Waals surface area contributed by atoms with Crippen molar-refractivity contribution in [1.29, 1.82) is 0 Å². The Hall–Kier alpha value is -0.740. The average Bonchev–Trinajstić information content (AvgIpc) is 2.65. The van der Waals surface area contributed by atoms with E-state index in [4.69, 9.17) is 9.47 Å². The Labute approximate surface area is 92.4 Å². The first-order valence-electron chi connectivity index (χ1n) is 5.37. The largest absolute Gasteiger partial charge is 0.380 e. The highest BCUT2D eigenvalue weighted by atomic mass is 16.5. The van der Waals surface area contributed by atoms with Gasteiger partial charge in [0.15, 0.2) is 0 Å². The van der Waals surface area contributed by atoms with E-state index >= 15 is 0 Å². The van der Waals surface area contributed by atoms with Gasteiger partial charge >= 0.3 is 0 Å². The topological polar surface area (TPSA) is 24.9 Å². The lowest BCUT2D eigenvalue weighted by Gasteiger charge is -2.25. The van der Waals surface area contributed by atoms with Crippen LogP contribution in [0.15, 0.2) is 12.4 Å². The summed E-state index contributed by atoms with van der Waals surface area (Å²) in [5.41, 5.74) is 0. The minimum Gasteiger partial charge on any atom is -0.380 e. The van der Waals surface area contributed by atoms with Crippen molar-refractivity contribution in [2.24, 2.45) is 0 Å². The summed E-state index contributed by atoms with van der Waals surface area (Å²) in [5, 5.41) is 0. The summed E-state index contributed by atoms with van der Waals surface area (Å²) in [5.74, 6) is 0. The summed E-state index contributed by atoms with van der Waals surface area (Å²) in [7, 11) is 3.49. The molecule has 0 bridgehead atoms. The van der Waals surface area contributed by atoms with Gasteiger partial charge in [0.2, 0.25) is 0 Å². The Kier molecular flexibility index (Phi) is 4.91. The van der Waals surface area contributed by atoms with E-state index in [1.807, 2.05) is 0 Å². The summed E-state index contributed by atoms with van der Waals surface area (Å²) in [6.07, 6.45) is 4.76. The highest BCUT2D eigenvalue weighted by Gasteiger charge is 2.15. The highest BCUT2D eigenvalue weighted by Crippen LogP contribution is 2.09. The summed E-state index contributed by atoms with van der Waals surface area (Å²) in [4.78, 5) is 4.49. The van der Waals surface area contributed by atoms with Gasteiger partial charge in [-0.3, -0.25) is 0 Å². The fourth-order valence-corrected chi connectivity index (χ4v) is 1.56. The zero-order valence-electron chi connectivity index (χ0n) is 10.1. The molecule has 1 aliphatic heterocycles.